The first kappa shape index (κ1) is 17.2. The second-order valence-corrected chi connectivity index (χ2v) is 4.85. The molecule has 0 bridgehead atoms. The number of carbonyl (C=O) groups excluding carboxylic acids is 1. The van der Waals surface area contributed by atoms with E-state index in [0.717, 1.165) is 5.69 Å². The number of carbonyl (C=O) groups is 1. The number of amides is 1. The number of ether oxygens (including phenoxy) is 2. The van der Waals surface area contributed by atoms with Crippen molar-refractivity contribution in [3.63, 3.8) is 0 Å². The van der Waals surface area contributed by atoms with E-state index < -0.39 is 0 Å². The van der Waals surface area contributed by atoms with Gasteiger partial charge in [0.15, 0.2) is 11.4 Å². The number of nitrogens with zero attached hydrogens (tertiary/aromatic N) is 2. The van der Waals surface area contributed by atoms with Gasteiger partial charge in [-0.25, -0.2) is 4.98 Å². The van der Waals surface area contributed by atoms with Gasteiger partial charge in [-0.15, -0.1) is 0 Å². The molecule has 2 rings (SSSR count). The van der Waals surface area contributed by atoms with Gasteiger partial charge in [0.1, 0.15) is 5.69 Å². The Morgan fingerprint density at radius 1 is 1.39 bits per heavy atom. The van der Waals surface area contributed by atoms with E-state index in [4.69, 9.17) is 14.6 Å². The molecule has 0 unspecified atom stereocenters. The Morgan fingerprint density at radius 3 is 2.91 bits per heavy atom. The van der Waals surface area contributed by atoms with Crippen LogP contribution in [0.25, 0.3) is 5.65 Å². The molecule has 2 aromatic rings. The first-order valence-corrected chi connectivity index (χ1v) is 7.82. The van der Waals surface area contributed by atoms with Crippen molar-refractivity contribution in [3.8, 4) is 5.75 Å². The highest BCUT2D eigenvalue weighted by Crippen LogP contribution is 2.22. The van der Waals surface area contributed by atoms with Crippen molar-refractivity contribution in [1.29, 1.82) is 0 Å². The van der Waals surface area contributed by atoms with Gasteiger partial charge in [-0.3, -0.25) is 9.20 Å². The van der Waals surface area contributed by atoms with Gasteiger partial charge in [0.25, 0.3) is 5.91 Å². The molecule has 0 aliphatic carbocycles. The lowest BCUT2D eigenvalue weighted by Crippen LogP contribution is -2.29. The molecule has 126 valence electrons. The Morgan fingerprint density at radius 2 is 2.22 bits per heavy atom. The summed E-state index contributed by atoms with van der Waals surface area (Å²) >= 11 is 0. The van der Waals surface area contributed by atoms with Crippen molar-refractivity contribution >= 4 is 11.6 Å². The molecule has 0 atom stereocenters. The highest BCUT2D eigenvalue weighted by Gasteiger charge is 2.19. The predicted octanol–water partition coefficient (Wildman–Crippen LogP) is 1.03. The third-order valence-electron chi connectivity index (χ3n) is 3.30. The Hall–Kier alpha value is -2.12. The van der Waals surface area contributed by atoms with E-state index in [9.17, 15) is 4.79 Å². The molecule has 0 radical (unpaired) electrons. The minimum absolute atomic E-state index is 0.0264. The van der Waals surface area contributed by atoms with E-state index >= 15 is 0 Å². The molecule has 23 heavy (non-hydrogen) atoms. The summed E-state index contributed by atoms with van der Waals surface area (Å²) in [7, 11) is 0. The van der Waals surface area contributed by atoms with Gasteiger partial charge >= 0.3 is 0 Å². The number of pyridine rings is 1. The quantitative estimate of drug-likeness (QED) is 0.674. The molecule has 7 heteroatoms. The average Bonchev–Trinajstić information content (AvgIpc) is 2.94. The van der Waals surface area contributed by atoms with Crippen molar-refractivity contribution in [1.82, 2.24) is 14.7 Å². The van der Waals surface area contributed by atoms with Crippen molar-refractivity contribution in [3.05, 3.63) is 29.7 Å². The average molecular weight is 321 g/mol. The van der Waals surface area contributed by atoms with Gasteiger partial charge in [-0.2, -0.15) is 0 Å². The molecule has 0 saturated heterocycles. The van der Waals surface area contributed by atoms with E-state index in [2.05, 4.69) is 10.3 Å². The zero-order valence-electron chi connectivity index (χ0n) is 13.5. The van der Waals surface area contributed by atoms with Crippen LogP contribution in [0.4, 0.5) is 0 Å². The van der Waals surface area contributed by atoms with Crippen molar-refractivity contribution in [2.24, 2.45) is 0 Å². The molecule has 0 aliphatic heterocycles. The topological polar surface area (TPSA) is 85.1 Å². The number of rotatable bonds is 9. The predicted molar refractivity (Wildman–Crippen MR) is 86.0 cm³/mol. The Balaban J connectivity index is 2.21. The summed E-state index contributed by atoms with van der Waals surface area (Å²) < 4.78 is 12.5. The molecule has 2 aromatic heterocycles. The van der Waals surface area contributed by atoms with Crippen LogP contribution in [-0.2, 0) is 11.2 Å². The molecule has 0 aromatic carbocycles. The number of aliphatic hydroxyl groups excluding tert-OH is 1. The number of imidazole rings is 1. The molecule has 7 nitrogen and oxygen atoms in total. The van der Waals surface area contributed by atoms with Crippen LogP contribution in [0.1, 0.15) is 30.0 Å². The standard InChI is InChI=1S/C16H23N3O4/c1-3-12-14(16(21)17-7-10-22-11-9-20)19-8-5-6-13(23-4-2)15(19)18-12/h5-6,8,20H,3-4,7,9-11H2,1-2H3,(H,17,21). The SMILES string of the molecule is CCOc1cccn2c(C(=O)NCCOCCO)c(CC)nc12. The summed E-state index contributed by atoms with van der Waals surface area (Å²) in [4.78, 5) is 17.0. The largest absolute Gasteiger partial charge is 0.490 e. The van der Waals surface area contributed by atoms with Crippen LogP contribution in [-0.4, -0.2) is 53.4 Å². The molecule has 0 saturated carbocycles. The Bertz CT molecular complexity index is 654. The summed E-state index contributed by atoms with van der Waals surface area (Å²) in [6, 6.07) is 3.68. The third-order valence-corrected chi connectivity index (χ3v) is 3.30. The van der Waals surface area contributed by atoms with Crippen LogP contribution >= 0.6 is 0 Å². The fourth-order valence-electron chi connectivity index (χ4n) is 2.33. The summed E-state index contributed by atoms with van der Waals surface area (Å²) in [6.07, 6.45) is 2.46. The molecular formula is C16H23N3O4. The maximum atomic E-state index is 12.5. The summed E-state index contributed by atoms with van der Waals surface area (Å²) in [6.45, 7) is 5.38. The number of hydrogen-bond acceptors (Lipinski definition) is 5. The monoisotopic (exact) mass is 321 g/mol. The van der Waals surface area contributed by atoms with E-state index in [0.29, 0.717) is 43.3 Å². The highest BCUT2D eigenvalue weighted by atomic mass is 16.5. The first-order valence-electron chi connectivity index (χ1n) is 7.82. The minimum Gasteiger partial charge on any atom is -0.490 e. The Kier molecular flexibility index (Phi) is 6.37. The van der Waals surface area contributed by atoms with E-state index in [1.54, 1.807) is 10.6 Å². The zero-order valence-corrected chi connectivity index (χ0v) is 13.5. The second-order valence-electron chi connectivity index (χ2n) is 4.85. The maximum absolute atomic E-state index is 12.5. The van der Waals surface area contributed by atoms with E-state index in [-0.39, 0.29) is 19.1 Å². The number of nitrogens with one attached hydrogen (secondary N) is 1. The summed E-state index contributed by atoms with van der Waals surface area (Å²) in [5.41, 5.74) is 1.89. The smallest absolute Gasteiger partial charge is 0.270 e. The third kappa shape index (κ3) is 4.00. The molecule has 0 fully saturated rings. The minimum atomic E-state index is -0.199. The molecule has 1 amide bonds. The maximum Gasteiger partial charge on any atom is 0.270 e. The lowest BCUT2D eigenvalue weighted by atomic mass is 10.2. The lowest BCUT2D eigenvalue weighted by Gasteiger charge is -2.08. The number of fused-ring (bicyclic) bond motifs is 1. The number of hydrogen-bond donors (Lipinski definition) is 2. The molecule has 2 N–H and O–H groups in total. The summed E-state index contributed by atoms with van der Waals surface area (Å²) in [5, 5.41) is 11.5. The lowest BCUT2D eigenvalue weighted by molar-refractivity contribution is 0.0834. The van der Waals surface area contributed by atoms with Crippen LogP contribution in [0.15, 0.2) is 18.3 Å². The van der Waals surface area contributed by atoms with Crippen molar-refractivity contribution < 1.29 is 19.4 Å². The van der Waals surface area contributed by atoms with E-state index in [1.807, 2.05) is 26.0 Å². The van der Waals surface area contributed by atoms with Crippen LogP contribution in [0, 0.1) is 0 Å². The van der Waals surface area contributed by atoms with Crippen molar-refractivity contribution in [2.45, 2.75) is 20.3 Å². The Labute approximate surface area is 135 Å². The van der Waals surface area contributed by atoms with Crippen molar-refractivity contribution in [2.75, 3.05) is 33.0 Å². The number of aromatic nitrogens is 2. The van der Waals surface area contributed by atoms with Crippen LogP contribution in [0.2, 0.25) is 0 Å². The molecule has 2 heterocycles. The highest BCUT2D eigenvalue weighted by molar-refractivity contribution is 5.95. The number of aliphatic hydroxyl groups is 1. The van der Waals surface area contributed by atoms with Gasteiger partial charge < -0.3 is 19.9 Å². The molecule has 0 aliphatic rings. The zero-order chi connectivity index (χ0) is 16.7. The second kappa shape index (κ2) is 8.50. The van der Waals surface area contributed by atoms with Gasteiger partial charge in [0.2, 0.25) is 0 Å². The normalized spacial score (nSPS) is 10.9. The van der Waals surface area contributed by atoms with Crippen LogP contribution in [0.3, 0.4) is 0 Å². The molecule has 0 spiro atoms. The van der Waals surface area contributed by atoms with Crippen LogP contribution in [0.5, 0.6) is 5.75 Å². The van der Waals surface area contributed by atoms with Gasteiger partial charge in [0, 0.05) is 12.7 Å². The fraction of sp³-hybridized carbons (Fsp3) is 0.500. The first-order chi connectivity index (χ1) is 11.2. The van der Waals surface area contributed by atoms with E-state index in [1.165, 1.54) is 0 Å². The van der Waals surface area contributed by atoms with Gasteiger partial charge in [-0.1, -0.05) is 6.92 Å². The fourth-order valence-corrected chi connectivity index (χ4v) is 2.33. The van der Waals surface area contributed by atoms with Gasteiger partial charge in [-0.05, 0) is 25.5 Å². The number of aryl methyl sites for hydroxylation is 1. The van der Waals surface area contributed by atoms with Gasteiger partial charge in [0.05, 0.1) is 32.1 Å². The van der Waals surface area contributed by atoms with Crippen LogP contribution < -0.4 is 10.1 Å². The summed E-state index contributed by atoms with van der Waals surface area (Å²) in [5.74, 6) is 0.464. The molecular weight excluding hydrogens is 298 g/mol.